The highest BCUT2D eigenvalue weighted by Crippen LogP contribution is 2.36. The summed E-state index contributed by atoms with van der Waals surface area (Å²) in [6.07, 6.45) is 1.54. The number of rotatable bonds is 3. The van der Waals surface area contributed by atoms with E-state index in [4.69, 9.17) is 4.74 Å². The summed E-state index contributed by atoms with van der Waals surface area (Å²) in [6.45, 7) is 0.843. The van der Waals surface area contributed by atoms with E-state index in [1.807, 2.05) is 6.07 Å². The summed E-state index contributed by atoms with van der Waals surface area (Å²) in [4.78, 5) is 0. The number of phenolic OH excluding ortho intramolecular Hbond substituents is 3. The van der Waals surface area contributed by atoms with Crippen LogP contribution in [0.5, 0.6) is 23.0 Å². The van der Waals surface area contributed by atoms with Crippen LogP contribution in [0.4, 0.5) is 0 Å². The second-order valence-corrected chi connectivity index (χ2v) is 5.51. The van der Waals surface area contributed by atoms with Gasteiger partial charge < -0.3 is 25.4 Å². The number of aromatic hydroxyl groups is 3. The normalized spacial score (nSPS) is 17.0. The summed E-state index contributed by atoms with van der Waals surface area (Å²) in [5.41, 5.74) is 3.11. The van der Waals surface area contributed by atoms with Gasteiger partial charge in [-0.15, -0.1) is 0 Å². The quantitative estimate of drug-likeness (QED) is 0.654. The average molecular weight is 301 g/mol. The molecule has 0 aliphatic carbocycles. The molecule has 0 radical (unpaired) electrons. The van der Waals surface area contributed by atoms with Gasteiger partial charge in [0.25, 0.3) is 0 Å². The molecule has 0 fully saturated rings. The van der Waals surface area contributed by atoms with Crippen LogP contribution in [0.15, 0.2) is 30.3 Å². The van der Waals surface area contributed by atoms with Crippen LogP contribution in [0.3, 0.4) is 0 Å². The van der Waals surface area contributed by atoms with Crippen LogP contribution in [-0.4, -0.2) is 29.0 Å². The molecule has 5 heteroatoms. The van der Waals surface area contributed by atoms with Crippen molar-refractivity contribution < 1.29 is 20.1 Å². The molecule has 3 rings (SSSR count). The predicted octanol–water partition coefficient (Wildman–Crippen LogP) is 2.24. The summed E-state index contributed by atoms with van der Waals surface area (Å²) < 4.78 is 5.16. The van der Waals surface area contributed by atoms with Gasteiger partial charge in [-0.3, -0.25) is 0 Å². The Hall–Kier alpha value is -2.40. The smallest absolute Gasteiger partial charge is 0.160 e. The Labute approximate surface area is 128 Å². The number of nitrogens with one attached hydrogen (secondary N) is 1. The molecule has 0 bridgehead atoms. The molecule has 5 nitrogen and oxygen atoms in total. The highest BCUT2D eigenvalue weighted by atomic mass is 16.5. The molecule has 0 saturated heterocycles. The minimum Gasteiger partial charge on any atom is -0.504 e. The monoisotopic (exact) mass is 301 g/mol. The first-order valence-corrected chi connectivity index (χ1v) is 7.22. The fourth-order valence-electron chi connectivity index (χ4n) is 2.94. The van der Waals surface area contributed by atoms with Crippen LogP contribution in [0.2, 0.25) is 0 Å². The molecule has 2 aromatic rings. The molecular weight excluding hydrogens is 282 g/mol. The Morgan fingerprint density at radius 2 is 1.91 bits per heavy atom. The highest BCUT2D eigenvalue weighted by molar-refractivity contribution is 5.49. The Kier molecular flexibility index (Phi) is 3.81. The van der Waals surface area contributed by atoms with Gasteiger partial charge in [0.05, 0.1) is 7.11 Å². The second kappa shape index (κ2) is 5.77. The molecule has 0 amide bonds. The van der Waals surface area contributed by atoms with E-state index in [2.05, 4.69) is 5.32 Å². The molecule has 1 heterocycles. The SMILES string of the molecule is COc1cc2c(cc1O)[C@H](Cc1ccc(O)c(O)c1)NCC2. The van der Waals surface area contributed by atoms with Crippen LogP contribution in [0, 0.1) is 0 Å². The molecular formula is C17H19NO4. The lowest BCUT2D eigenvalue weighted by molar-refractivity contribution is 0.370. The average Bonchev–Trinajstić information content (AvgIpc) is 2.51. The number of fused-ring (bicyclic) bond motifs is 1. The molecule has 1 aliphatic heterocycles. The van der Waals surface area contributed by atoms with Crippen molar-refractivity contribution in [3.05, 3.63) is 47.0 Å². The van der Waals surface area contributed by atoms with Crippen molar-refractivity contribution in [3.8, 4) is 23.0 Å². The topological polar surface area (TPSA) is 82.0 Å². The molecule has 1 aliphatic rings. The Morgan fingerprint density at radius 1 is 1.09 bits per heavy atom. The lowest BCUT2D eigenvalue weighted by atomic mass is 9.90. The zero-order valence-corrected chi connectivity index (χ0v) is 12.3. The van der Waals surface area contributed by atoms with Crippen LogP contribution >= 0.6 is 0 Å². The van der Waals surface area contributed by atoms with E-state index in [0.29, 0.717) is 12.2 Å². The highest BCUT2D eigenvalue weighted by Gasteiger charge is 2.22. The first kappa shape index (κ1) is 14.5. The summed E-state index contributed by atoms with van der Waals surface area (Å²) in [5, 5.41) is 32.4. The molecule has 22 heavy (non-hydrogen) atoms. The van der Waals surface area contributed by atoms with Gasteiger partial charge >= 0.3 is 0 Å². The van der Waals surface area contributed by atoms with Gasteiger partial charge in [-0.25, -0.2) is 0 Å². The van der Waals surface area contributed by atoms with Crippen LogP contribution in [0.1, 0.15) is 22.7 Å². The van der Waals surface area contributed by atoms with Crippen molar-refractivity contribution in [3.63, 3.8) is 0 Å². The third kappa shape index (κ3) is 2.67. The van der Waals surface area contributed by atoms with Crippen molar-refractivity contribution in [1.29, 1.82) is 0 Å². The van der Waals surface area contributed by atoms with E-state index in [1.165, 1.54) is 6.07 Å². The van der Waals surface area contributed by atoms with Crippen molar-refractivity contribution in [2.45, 2.75) is 18.9 Å². The van der Waals surface area contributed by atoms with Gasteiger partial charge in [0, 0.05) is 6.04 Å². The number of phenols is 3. The fourth-order valence-corrected chi connectivity index (χ4v) is 2.94. The van der Waals surface area contributed by atoms with E-state index in [9.17, 15) is 15.3 Å². The Morgan fingerprint density at radius 3 is 2.64 bits per heavy atom. The number of ether oxygens (including phenoxy) is 1. The molecule has 0 spiro atoms. The maximum Gasteiger partial charge on any atom is 0.160 e. The molecule has 116 valence electrons. The summed E-state index contributed by atoms with van der Waals surface area (Å²) in [5.74, 6) is 0.374. The maximum absolute atomic E-state index is 10.0. The number of benzene rings is 2. The van der Waals surface area contributed by atoms with Gasteiger partial charge in [-0.1, -0.05) is 6.07 Å². The molecule has 0 unspecified atom stereocenters. The van der Waals surface area contributed by atoms with E-state index in [-0.39, 0.29) is 23.3 Å². The third-order valence-corrected chi connectivity index (χ3v) is 4.08. The third-order valence-electron chi connectivity index (χ3n) is 4.08. The van der Waals surface area contributed by atoms with E-state index in [0.717, 1.165) is 29.7 Å². The van der Waals surface area contributed by atoms with Gasteiger partial charge in [0.1, 0.15) is 0 Å². The van der Waals surface area contributed by atoms with Gasteiger partial charge in [-0.05, 0) is 60.3 Å². The lowest BCUT2D eigenvalue weighted by Gasteiger charge is -2.28. The number of hydrogen-bond acceptors (Lipinski definition) is 5. The molecule has 2 aromatic carbocycles. The summed E-state index contributed by atoms with van der Waals surface area (Å²) in [6, 6.07) is 8.51. The predicted molar refractivity (Wildman–Crippen MR) is 82.6 cm³/mol. The van der Waals surface area contributed by atoms with E-state index in [1.54, 1.807) is 25.3 Å². The molecule has 4 N–H and O–H groups in total. The van der Waals surface area contributed by atoms with Gasteiger partial charge in [0.15, 0.2) is 23.0 Å². The zero-order valence-electron chi connectivity index (χ0n) is 12.3. The van der Waals surface area contributed by atoms with Gasteiger partial charge in [0.2, 0.25) is 0 Å². The summed E-state index contributed by atoms with van der Waals surface area (Å²) in [7, 11) is 1.54. The fraction of sp³-hybridized carbons (Fsp3) is 0.294. The Bertz CT molecular complexity index is 699. The lowest BCUT2D eigenvalue weighted by Crippen LogP contribution is -2.31. The molecule has 0 aromatic heterocycles. The maximum atomic E-state index is 10.0. The standard InChI is InChI=1S/C17H19NO4/c1-22-17-8-11-4-5-18-13(12(11)9-16(17)21)6-10-2-3-14(19)15(20)7-10/h2-3,7-9,13,18-21H,4-6H2,1H3/t13-/m0/s1. The van der Waals surface area contributed by atoms with Crippen LogP contribution < -0.4 is 10.1 Å². The van der Waals surface area contributed by atoms with Crippen LogP contribution in [0.25, 0.3) is 0 Å². The minimum atomic E-state index is -0.122. The van der Waals surface area contributed by atoms with E-state index < -0.39 is 0 Å². The van der Waals surface area contributed by atoms with Crippen molar-refractivity contribution in [2.75, 3.05) is 13.7 Å². The second-order valence-electron chi connectivity index (χ2n) is 5.51. The van der Waals surface area contributed by atoms with E-state index >= 15 is 0 Å². The van der Waals surface area contributed by atoms with Crippen molar-refractivity contribution >= 4 is 0 Å². The summed E-state index contributed by atoms with van der Waals surface area (Å²) >= 11 is 0. The largest absolute Gasteiger partial charge is 0.504 e. The zero-order chi connectivity index (χ0) is 15.7. The molecule has 0 saturated carbocycles. The molecule has 1 atom stereocenters. The Balaban J connectivity index is 1.91. The minimum absolute atomic E-state index is 0.0458. The number of hydrogen-bond donors (Lipinski definition) is 4. The first-order chi connectivity index (χ1) is 10.6. The first-order valence-electron chi connectivity index (χ1n) is 7.22. The van der Waals surface area contributed by atoms with Crippen molar-refractivity contribution in [1.82, 2.24) is 5.32 Å². The van der Waals surface area contributed by atoms with Gasteiger partial charge in [-0.2, -0.15) is 0 Å². The number of methoxy groups -OCH3 is 1. The van der Waals surface area contributed by atoms with Crippen LogP contribution in [-0.2, 0) is 12.8 Å². The van der Waals surface area contributed by atoms with Crippen molar-refractivity contribution in [2.24, 2.45) is 0 Å².